The van der Waals surface area contributed by atoms with Gasteiger partial charge in [0.15, 0.2) is 0 Å². The Morgan fingerprint density at radius 3 is 2.38 bits per heavy atom. The van der Waals surface area contributed by atoms with Crippen molar-refractivity contribution in [1.29, 1.82) is 0 Å². The number of sulfonamides is 1. The van der Waals surface area contributed by atoms with E-state index in [1.807, 2.05) is 12.1 Å². The van der Waals surface area contributed by atoms with Gasteiger partial charge in [0, 0.05) is 18.5 Å². The summed E-state index contributed by atoms with van der Waals surface area (Å²) < 4.78 is 26.4. The zero-order valence-electron chi connectivity index (χ0n) is 15.4. The number of hydrogen-bond acceptors (Lipinski definition) is 4. The standard InChI is InChI=1S/C18H29N3O3S.ClH/c1-13(2)21-25(23,24)12-15-8-6-14(7-9-15)11-20-18(22)17-5-3-4-16(17)10-19;/h6-9,13,16-17,21H,3-5,10-12,19H2,1-2H3,(H,20,22);1H/t16-,17-;/m1./s1. The van der Waals surface area contributed by atoms with Gasteiger partial charge in [0.2, 0.25) is 15.9 Å². The summed E-state index contributed by atoms with van der Waals surface area (Å²) in [5.74, 6) is 0.344. The van der Waals surface area contributed by atoms with E-state index in [1.54, 1.807) is 26.0 Å². The van der Waals surface area contributed by atoms with Gasteiger partial charge in [-0.2, -0.15) is 0 Å². The van der Waals surface area contributed by atoms with Gasteiger partial charge in [0.1, 0.15) is 0 Å². The first-order valence-corrected chi connectivity index (χ1v) is 10.5. The van der Waals surface area contributed by atoms with Crippen molar-refractivity contribution in [2.75, 3.05) is 6.54 Å². The fraction of sp³-hybridized carbons (Fsp3) is 0.611. The van der Waals surface area contributed by atoms with Gasteiger partial charge in [-0.25, -0.2) is 13.1 Å². The van der Waals surface area contributed by atoms with Gasteiger partial charge in [-0.1, -0.05) is 30.7 Å². The average Bonchev–Trinajstić information content (AvgIpc) is 3.01. The highest BCUT2D eigenvalue weighted by Crippen LogP contribution is 2.30. The third-order valence-corrected chi connectivity index (χ3v) is 6.10. The van der Waals surface area contributed by atoms with E-state index >= 15 is 0 Å². The highest BCUT2D eigenvalue weighted by atomic mass is 35.5. The first-order valence-electron chi connectivity index (χ1n) is 8.86. The Bertz CT molecular complexity index is 677. The van der Waals surface area contributed by atoms with Crippen molar-refractivity contribution in [3.05, 3.63) is 35.4 Å². The topological polar surface area (TPSA) is 101 Å². The van der Waals surface area contributed by atoms with Crippen LogP contribution in [0.1, 0.15) is 44.2 Å². The van der Waals surface area contributed by atoms with Crippen LogP contribution in [0.5, 0.6) is 0 Å². The maximum atomic E-state index is 12.3. The van der Waals surface area contributed by atoms with E-state index in [2.05, 4.69) is 10.0 Å². The number of rotatable bonds is 8. The lowest BCUT2D eigenvalue weighted by molar-refractivity contribution is -0.126. The van der Waals surface area contributed by atoms with E-state index in [1.165, 1.54) is 0 Å². The Hall–Kier alpha value is -1.15. The molecule has 0 radical (unpaired) electrons. The minimum atomic E-state index is -3.32. The van der Waals surface area contributed by atoms with Crippen LogP contribution in [-0.4, -0.2) is 26.9 Å². The van der Waals surface area contributed by atoms with Gasteiger partial charge in [-0.3, -0.25) is 4.79 Å². The molecule has 0 unspecified atom stereocenters. The molecule has 6 nitrogen and oxygen atoms in total. The van der Waals surface area contributed by atoms with Crippen molar-refractivity contribution < 1.29 is 13.2 Å². The summed E-state index contributed by atoms with van der Waals surface area (Å²) in [4.78, 5) is 12.3. The van der Waals surface area contributed by atoms with E-state index in [9.17, 15) is 13.2 Å². The van der Waals surface area contributed by atoms with E-state index in [0.29, 0.717) is 19.0 Å². The molecule has 148 valence electrons. The number of benzene rings is 1. The van der Waals surface area contributed by atoms with E-state index in [0.717, 1.165) is 30.4 Å². The molecule has 0 spiro atoms. The van der Waals surface area contributed by atoms with Crippen LogP contribution < -0.4 is 15.8 Å². The van der Waals surface area contributed by atoms with Crippen LogP contribution in [0.25, 0.3) is 0 Å². The zero-order chi connectivity index (χ0) is 18.4. The summed E-state index contributed by atoms with van der Waals surface area (Å²) in [7, 11) is -3.32. The molecule has 0 bridgehead atoms. The van der Waals surface area contributed by atoms with E-state index in [-0.39, 0.29) is 36.0 Å². The lowest BCUT2D eigenvalue weighted by Crippen LogP contribution is -2.34. The van der Waals surface area contributed by atoms with Crippen molar-refractivity contribution >= 4 is 28.3 Å². The van der Waals surface area contributed by atoms with Gasteiger partial charge < -0.3 is 11.1 Å². The summed E-state index contributed by atoms with van der Waals surface area (Å²) in [6.45, 7) is 4.60. The highest BCUT2D eigenvalue weighted by Gasteiger charge is 2.31. The molecule has 8 heteroatoms. The van der Waals surface area contributed by atoms with Crippen LogP contribution in [0.3, 0.4) is 0 Å². The van der Waals surface area contributed by atoms with Crippen LogP contribution in [0.4, 0.5) is 0 Å². The highest BCUT2D eigenvalue weighted by molar-refractivity contribution is 7.88. The maximum absolute atomic E-state index is 12.3. The fourth-order valence-electron chi connectivity index (χ4n) is 3.36. The molecule has 0 aromatic heterocycles. The smallest absolute Gasteiger partial charge is 0.223 e. The summed E-state index contributed by atoms with van der Waals surface area (Å²) in [5, 5.41) is 2.97. The van der Waals surface area contributed by atoms with Gasteiger partial charge in [0.25, 0.3) is 0 Å². The second-order valence-electron chi connectivity index (χ2n) is 7.10. The predicted molar refractivity (Wildman–Crippen MR) is 106 cm³/mol. The number of halogens is 1. The van der Waals surface area contributed by atoms with Crippen molar-refractivity contribution in [3.63, 3.8) is 0 Å². The molecule has 26 heavy (non-hydrogen) atoms. The molecule has 1 fully saturated rings. The van der Waals surface area contributed by atoms with Gasteiger partial charge >= 0.3 is 0 Å². The lowest BCUT2D eigenvalue weighted by Gasteiger charge is -2.17. The maximum Gasteiger partial charge on any atom is 0.223 e. The normalized spacial score (nSPS) is 20.0. The second kappa shape index (κ2) is 10.3. The minimum absolute atomic E-state index is 0. The molecular weight excluding hydrogens is 374 g/mol. The number of nitrogens with one attached hydrogen (secondary N) is 2. The molecule has 2 rings (SSSR count). The Labute approximate surface area is 162 Å². The average molecular weight is 404 g/mol. The molecule has 1 aliphatic rings. The molecule has 1 saturated carbocycles. The van der Waals surface area contributed by atoms with Crippen LogP contribution in [0.2, 0.25) is 0 Å². The van der Waals surface area contributed by atoms with Crippen molar-refractivity contribution in [3.8, 4) is 0 Å². The van der Waals surface area contributed by atoms with Crippen LogP contribution in [0.15, 0.2) is 24.3 Å². The molecule has 4 N–H and O–H groups in total. The Balaban J connectivity index is 0.00000338. The fourth-order valence-corrected chi connectivity index (χ4v) is 4.79. The minimum Gasteiger partial charge on any atom is -0.352 e. The third kappa shape index (κ3) is 6.87. The number of hydrogen-bond donors (Lipinski definition) is 3. The van der Waals surface area contributed by atoms with Gasteiger partial charge in [-0.15, -0.1) is 12.4 Å². The Kier molecular flexibility index (Phi) is 9.03. The number of carbonyl (C=O) groups excluding carboxylic acids is 1. The van der Waals surface area contributed by atoms with Crippen molar-refractivity contribution in [2.24, 2.45) is 17.6 Å². The Morgan fingerprint density at radius 2 is 1.81 bits per heavy atom. The number of carbonyl (C=O) groups is 1. The van der Waals surface area contributed by atoms with Crippen LogP contribution in [-0.2, 0) is 27.1 Å². The molecule has 0 aliphatic heterocycles. The monoisotopic (exact) mass is 403 g/mol. The first kappa shape index (κ1) is 22.9. The molecule has 1 aromatic rings. The van der Waals surface area contributed by atoms with Crippen LogP contribution in [0, 0.1) is 11.8 Å². The molecule has 1 aromatic carbocycles. The molecule has 2 atom stereocenters. The summed E-state index contributed by atoms with van der Waals surface area (Å²) in [5.41, 5.74) is 7.41. The van der Waals surface area contributed by atoms with Crippen molar-refractivity contribution in [2.45, 2.75) is 51.4 Å². The number of amides is 1. The number of nitrogens with two attached hydrogens (primary N) is 1. The first-order chi connectivity index (χ1) is 11.8. The van der Waals surface area contributed by atoms with Gasteiger partial charge in [0.05, 0.1) is 5.75 Å². The Morgan fingerprint density at radius 1 is 1.19 bits per heavy atom. The third-order valence-electron chi connectivity index (χ3n) is 4.56. The molecule has 0 heterocycles. The van der Waals surface area contributed by atoms with E-state index < -0.39 is 10.0 Å². The van der Waals surface area contributed by atoms with Crippen molar-refractivity contribution in [1.82, 2.24) is 10.0 Å². The van der Waals surface area contributed by atoms with Gasteiger partial charge in [-0.05, 0) is 50.3 Å². The zero-order valence-corrected chi connectivity index (χ0v) is 17.0. The molecule has 1 aliphatic carbocycles. The lowest BCUT2D eigenvalue weighted by atomic mass is 9.95. The van der Waals surface area contributed by atoms with Crippen LogP contribution >= 0.6 is 12.4 Å². The largest absolute Gasteiger partial charge is 0.352 e. The molecule has 0 saturated heterocycles. The second-order valence-corrected chi connectivity index (χ2v) is 8.85. The summed E-state index contributed by atoms with van der Waals surface area (Å²) in [6, 6.07) is 7.18. The quantitative estimate of drug-likeness (QED) is 0.617. The summed E-state index contributed by atoms with van der Waals surface area (Å²) in [6.07, 6.45) is 3.00. The predicted octanol–water partition coefficient (Wildman–Crippen LogP) is 1.93. The SMILES string of the molecule is CC(C)NS(=O)(=O)Cc1ccc(CNC(=O)[C@@H]2CCC[C@@H]2CN)cc1.Cl. The summed E-state index contributed by atoms with van der Waals surface area (Å²) >= 11 is 0. The van der Waals surface area contributed by atoms with E-state index in [4.69, 9.17) is 5.73 Å². The molecule has 1 amide bonds. The molecular formula is C18H30ClN3O3S.